The average molecular weight is 269 g/mol. The Balaban J connectivity index is 1.95. The fourth-order valence-electron chi connectivity index (χ4n) is 3.20. The van der Waals surface area contributed by atoms with Crippen LogP contribution in [-0.2, 0) is 9.59 Å². The molecule has 0 radical (unpaired) electrons. The molecule has 3 rings (SSSR count). The van der Waals surface area contributed by atoms with Gasteiger partial charge in [0.05, 0.1) is 17.5 Å². The molecule has 0 saturated carbocycles. The number of hydrogen-bond donors (Lipinski definition) is 0. The topological polar surface area (TPSA) is 37.4 Å². The molecule has 104 valence electrons. The highest BCUT2D eigenvalue weighted by atomic mass is 16.2. The van der Waals surface area contributed by atoms with E-state index in [1.54, 1.807) is 0 Å². The third-order valence-electron chi connectivity index (χ3n) is 4.63. The summed E-state index contributed by atoms with van der Waals surface area (Å²) in [4.78, 5) is 26.5. The van der Waals surface area contributed by atoms with E-state index in [0.717, 1.165) is 18.4 Å². The summed E-state index contributed by atoms with van der Waals surface area (Å²) >= 11 is 0. The summed E-state index contributed by atoms with van der Waals surface area (Å²) in [6.07, 6.45) is 1.45. The first-order valence-electron chi connectivity index (χ1n) is 7.08. The largest absolute Gasteiger partial charge is 0.274 e. The van der Waals surface area contributed by atoms with Crippen molar-refractivity contribution in [2.45, 2.75) is 33.6 Å². The van der Waals surface area contributed by atoms with E-state index >= 15 is 0 Å². The average Bonchev–Trinajstić information content (AvgIpc) is 2.65. The van der Waals surface area contributed by atoms with Crippen LogP contribution in [0, 0.1) is 18.8 Å². The highest BCUT2D eigenvalue weighted by Gasteiger charge is 2.49. The van der Waals surface area contributed by atoms with E-state index in [0.29, 0.717) is 5.69 Å². The van der Waals surface area contributed by atoms with Gasteiger partial charge in [0.1, 0.15) is 0 Å². The van der Waals surface area contributed by atoms with Crippen LogP contribution in [0.1, 0.15) is 32.3 Å². The van der Waals surface area contributed by atoms with Crippen molar-refractivity contribution in [3.63, 3.8) is 0 Å². The molecule has 1 heterocycles. The smallest absolute Gasteiger partial charge is 0.238 e. The maximum absolute atomic E-state index is 12.6. The van der Waals surface area contributed by atoms with Gasteiger partial charge >= 0.3 is 0 Å². The van der Waals surface area contributed by atoms with Crippen molar-refractivity contribution in [1.29, 1.82) is 0 Å². The van der Waals surface area contributed by atoms with Crippen LogP contribution in [-0.4, -0.2) is 11.8 Å². The van der Waals surface area contributed by atoms with Crippen molar-refractivity contribution in [1.82, 2.24) is 0 Å². The standard InChI is InChI=1S/C17H19NO2/c1-10-4-6-13(7-5-10)18-16(19)14-8-11(2)12(3)9-15(14)17(18)20/h4-7,14-15H,8-9H2,1-3H3/t14-,15-/m1/s1. The van der Waals surface area contributed by atoms with Gasteiger partial charge in [-0.05, 0) is 45.7 Å². The second-order valence-corrected chi connectivity index (χ2v) is 6.03. The van der Waals surface area contributed by atoms with Gasteiger partial charge in [-0.25, -0.2) is 0 Å². The van der Waals surface area contributed by atoms with Crippen LogP contribution in [0.2, 0.25) is 0 Å². The maximum Gasteiger partial charge on any atom is 0.238 e. The van der Waals surface area contributed by atoms with Crippen LogP contribution in [0.25, 0.3) is 0 Å². The summed E-state index contributed by atoms with van der Waals surface area (Å²) in [6.45, 7) is 6.13. The van der Waals surface area contributed by atoms with Gasteiger partial charge in [0.25, 0.3) is 0 Å². The predicted molar refractivity (Wildman–Crippen MR) is 78.3 cm³/mol. The first-order valence-corrected chi connectivity index (χ1v) is 7.08. The molecule has 1 aliphatic carbocycles. The van der Waals surface area contributed by atoms with Gasteiger partial charge in [0, 0.05) is 0 Å². The minimum absolute atomic E-state index is 0.0318. The normalized spacial score (nSPS) is 26.2. The number of nitrogens with zero attached hydrogens (tertiary/aromatic N) is 1. The molecule has 3 heteroatoms. The second-order valence-electron chi connectivity index (χ2n) is 6.03. The van der Waals surface area contributed by atoms with Crippen molar-refractivity contribution in [3.05, 3.63) is 41.0 Å². The molecular formula is C17H19NO2. The summed E-state index contributed by atoms with van der Waals surface area (Å²) in [5.74, 6) is -0.383. The maximum atomic E-state index is 12.6. The number of fused-ring (bicyclic) bond motifs is 1. The van der Waals surface area contributed by atoms with E-state index in [2.05, 4.69) is 13.8 Å². The number of carbonyl (C=O) groups is 2. The zero-order valence-electron chi connectivity index (χ0n) is 12.1. The van der Waals surface area contributed by atoms with Crippen LogP contribution >= 0.6 is 0 Å². The third kappa shape index (κ3) is 1.89. The van der Waals surface area contributed by atoms with Crippen molar-refractivity contribution in [3.8, 4) is 0 Å². The molecule has 1 saturated heterocycles. The molecule has 2 amide bonds. The van der Waals surface area contributed by atoms with Crippen molar-refractivity contribution >= 4 is 17.5 Å². The van der Waals surface area contributed by atoms with E-state index in [1.807, 2.05) is 31.2 Å². The molecule has 0 aromatic heterocycles. The second kappa shape index (κ2) is 4.58. The SMILES string of the molecule is CC1=C(C)C[C@H]2C(=O)N(c3ccc(C)cc3)C(=O)[C@@H]2C1. The number of carbonyl (C=O) groups excluding carboxylic acids is 2. The summed E-state index contributed by atoms with van der Waals surface area (Å²) in [5, 5.41) is 0. The molecule has 1 aromatic carbocycles. The molecule has 0 bridgehead atoms. The Morgan fingerprint density at radius 3 is 1.75 bits per heavy atom. The molecule has 20 heavy (non-hydrogen) atoms. The van der Waals surface area contributed by atoms with Crippen molar-refractivity contribution in [2.75, 3.05) is 4.90 Å². The first kappa shape index (κ1) is 13.1. The van der Waals surface area contributed by atoms with E-state index in [4.69, 9.17) is 0 Å². The summed E-state index contributed by atoms with van der Waals surface area (Å²) in [7, 11) is 0. The lowest BCUT2D eigenvalue weighted by molar-refractivity contribution is -0.122. The Bertz CT molecular complexity index is 580. The number of allylic oxidation sites excluding steroid dienone is 2. The van der Waals surface area contributed by atoms with E-state index < -0.39 is 0 Å². The van der Waals surface area contributed by atoms with Gasteiger partial charge in [0.2, 0.25) is 11.8 Å². The number of hydrogen-bond acceptors (Lipinski definition) is 2. The number of benzene rings is 1. The Morgan fingerprint density at radius 2 is 1.30 bits per heavy atom. The molecule has 0 unspecified atom stereocenters. The lowest BCUT2D eigenvalue weighted by Gasteiger charge is -2.23. The third-order valence-corrected chi connectivity index (χ3v) is 4.63. The number of anilines is 1. The monoisotopic (exact) mass is 269 g/mol. The van der Waals surface area contributed by atoms with Gasteiger partial charge in [-0.15, -0.1) is 0 Å². The van der Waals surface area contributed by atoms with Crippen LogP contribution < -0.4 is 4.90 Å². The van der Waals surface area contributed by atoms with Gasteiger partial charge < -0.3 is 0 Å². The fraction of sp³-hybridized carbons (Fsp3) is 0.412. The Labute approximate surface area is 119 Å². The molecule has 1 aromatic rings. The number of aryl methyl sites for hydroxylation is 1. The minimum Gasteiger partial charge on any atom is -0.274 e. The highest BCUT2D eigenvalue weighted by Crippen LogP contribution is 2.42. The summed E-state index contributed by atoms with van der Waals surface area (Å²) < 4.78 is 0. The first-order chi connectivity index (χ1) is 9.49. The van der Waals surface area contributed by atoms with Crippen LogP contribution in [0.5, 0.6) is 0 Å². The Hall–Kier alpha value is -1.90. The zero-order valence-corrected chi connectivity index (χ0v) is 12.1. The van der Waals surface area contributed by atoms with Crippen molar-refractivity contribution < 1.29 is 9.59 Å². The van der Waals surface area contributed by atoms with Crippen LogP contribution in [0.3, 0.4) is 0 Å². The zero-order chi connectivity index (χ0) is 14.4. The minimum atomic E-state index is -0.160. The van der Waals surface area contributed by atoms with E-state index in [1.165, 1.54) is 16.0 Å². The molecule has 0 spiro atoms. The number of rotatable bonds is 1. The van der Waals surface area contributed by atoms with E-state index in [9.17, 15) is 9.59 Å². The molecular weight excluding hydrogens is 250 g/mol. The lowest BCUT2D eigenvalue weighted by atomic mass is 9.78. The molecule has 1 aliphatic heterocycles. The predicted octanol–water partition coefficient (Wildman–Crippen LogP) is 3.23. The summed E-state index contributed by atoms with van der Waals surface area (Å²) in [6, 6.07) is 7.59. The van der Waals surface area contributed by atoms with Gasteiger partial charge in [-0.1, -0.05) is 28.8 Å². The molecule has 3 nitrogen and oxygen atoms in total. The van der Waals surface area contributed by atoms with Gasteiger partial charge in [0.15, 0.2) is 0 Å². The molecule has 2 aliphatic rings. The van der Waals surface area contributed by atoms with Gasteiger partial charge in [-0.2, -0.15) is 0 Å². The van der Waals surface area contributed by atoms with Crippen LogP contribution in [0.4, 0.5) is 5.69 Å². The molecule has 2 atom stereocenters. The summed E-state index contributed by atoms with van der Waals surface area (Å²) in [5.41, 5.74) is 4.35. The number of imide groups is 1. The van der Waals surface area contributed by atoms with E-state index in [-0.39, 0.29) is 23.7 Å². The van der Waals surface area contributed by atoms with Crippen molar-refractivity contribution in [2.24, 2.45) is 11.8 Å². The van der Waals surface area contributed by atoms with Crippen LogP contribution in [0.15, 0.2) is 35.4 Å². The fourth-order valence-corrected chi connectivity index (χ4v) is 3.20. The Morgan fingerprint density at radius 1 is 0.850 bits per heavy atom. The Kier molecular flexibility index (Phi) is 3.00. The van der Waals surface area contributed by atoms with Gasteiger partial charge in [-0.3, -0.25) is 14.5 Å². The lowest BCUT2D eigenvalue weighted by Crippen LogP contribution is -2.30. The molecule has 0 N–H and O–H groups in total. The molecule has 1 fully saturated rings. The highest BCUT2D eigenvalue weighted by molar-refractivity contribution is 6.22. The number of amides is 2. The quantitative estimate of drug-likeness (QED) is 0.580.